The zero-order valence-corrected chi connectivity index (χ0v) is 13.0. The Kier molecular flexibility index (Phi) is 5.12. The first-order valence-electron chi connectivity index (χ1n) is 7.03. The molecule has 0 fully saturated rings. The van der Waals surface area contributed by atoms with Crippen molar-refractivity contribution in [2.45, 2.75) is 6.92 Å². The van der Waals surface area contributed by atoms with Crippen molar-refractivity contribution in [3.8, 4) is 5.75 Å². The van der Waals surface area contributed by atoms with Crippen LogP contribution in [0.15, 0.2) is 36.4 Å². The van der Waals surface area contributed by atoms with Crippen molar-refractivity contribution in [2.24, 2.45) is 0 Å². The molecule has 0 spiro atoms. The normalized spacial score (nSPS) is 10.1. The van der Waals surface area contributed by atoms with Gasteiger partial charge >= 0.3 is 5.97 Å². The fourth-order valence-corrected chi connectivity index (χ4v) is 2.11. The molecule has 0 aliphatic heterocycles. The van der Waals surface area contributed by atoms with Crippen molar-refractivity contribution >= 4 is 28.7 Å². The summed E-state index contributed by atoms with van der Waals surface area (Å²) in [5.74, 6) is -0.954. The predicted molar refractivity (Wildman–Crippen MR) is 87.6 cm³/mol. The fourth-order valence-electron chi connectivity index (χ4n) is 2.11. The topological polar surface area (TPSA) is 145 Å². The molecule has 2 aromatic carbocycles. The number of non-ortho nitro benzene ring substituents is 1. The van der Waals surface area contributed by atoms with Gasteiger partial charge in [0.25, 0.3) is 11.4 Å². The third kappa shape index (κ3) is 3.99. The number of nitrogens with zero attached hydrogens (tertiary/aromatic N) is 2. The van der Waals surface area contributed by atoms with E-state index in [4.69, 9.17) is 4.74 Å². The number of rotatable bonds is 7. The Balaban J connectivity index is 2.52. The number of carboxylic acid groups (broad SMARTS) is 1. The fraction of sp³-hybridized carbons (Fsp3) is 0.133. The average Bonchev–Trinajstić information content (AvgIpc) is 2.56. The second-order valence-electron chi connectivity index (χ2n) is 4.79. The van der Waals surface area contributed by atoms with Crippen molar-refractivity contribution < 1.29 is 24.5 Å². The number of nitrogens with one attached hydrogen (secondary N) is 1. The van der Waals surface area contributed by atoms with Crippen LogP contribution in [0, 0.1) is 20.2 Å². The summed E-state index contributed by atoms with van der Waals surface area (Å²) in [6.45, 7) is 2.27. The molecule has 0 aromatic heterocycles. The van der Waals surface area contributed by atoms with E-state index in [0.29, 0.717) is 24.1 Å². The summed E-state index contributed by atoms with van der Waals surface area (Å²) < 4.78 is 5.27. The van der Waals surface area contributed by atoms with Crippen molar-refractivity contribution in [1.29, 1.82) is 0 Å². The maximum Gasteiger partial charge on any atom is 0.338 e. The van der Waals surface area contributed by atoms with E-state index in [1.165, 1.54) is 0 Å². The lowest BCUT2D eigenvalue weighted by molar-refractivity contribution is -0.393. The molecule has 130 valence electrons. The predicted octanol–water partition coefficient (Wildman–Crippen LogP) is 3.34. The average molecular weight is 347 g/mol. The van der Waals surface area contributed by atoms with Crippen molar-refractivity contribution in [3.63, 3.8) is 0 Å². The highest BCUT2D eigenvalue weighted by molar-refractivity contribution is 5.99. The summed E-state index contributed by atoms with van der Waals surface area (Å²) in [7, 11) is 0. The van der Waals surface area contributed by atoms with Crippen LogP contribution in [0.4, 0.5) is 22.7 Å². The zero-order chi connectivity index (χ0) is 18.6. The van der Waals surface area contributed by atoms with Crippen molar-refractivity contribution in [3.05, 3.63) is 62.2 Å². The molecule has 25 heavy (non-hydrogen) atoms. The Morgan fingerprint density at radius 2 is 1.80 bits per heavy atom. The molecule has 0 bridgehead atoms. The second-order valence-corrected chi connectivity index (χ2v) is 4.79. The van der Waals surface area contributed by atoms with Crippen LogP contribution in [0.25, 0.3) is 0 Å². The zero-order valence-electron chi connectivity index (χ0n) is 13.0. The summed E-state index contributed by atoms with van der Waals surface area (Å²) in [5, 5.41) is 34.0. The van der Waals surface area contributed by atoms with Gasteiger partial charge in [0.2, 0.25) is 0 Å². The molecule has 2 rings (SSSR count). The van der Waals surface area contributed by atoms with Gasteiger partial charge in [0.05, 0.1) is 28.1 Å². The van der Waals surface area contributed by atoms with Gasteiger partial charge in [-0.25, -0.2) is 4.79 Å². The highest BCUT2D eigenvalue weighted by atomic mass is 16.6. The van der Waals surface area contributed by atoms with Crippen LogP contribution in [-0.4, -0.2) is 27.5 Å². The molecule has 0 saturated heterocycles. The summed E-state index contributed by atoms with van der Waals surface area (Å²) in [4.78, 5) is 31.7. The van der Waals surface area contributed by atoms with Crippen LogP contribution in [0.1, 0.15) is 17.3 Å². The number of nitro benzene ring substituents is 2. The van der Waals surface area contributed by atoms with E-state index in [2.05, 4.69) is 5.32 Å². The number of carbonyl (C=O) groups is 1. The van der Waals surface area contributed by atoms with E-state index < -0.39 is 32.8 Å². The first kappa shape index (κ1) is 17.7. The molecular weight excluding hydrogens is 334 g/mol. The minimum Gasteiger partial charge on any atom is -0.494 e. The third-order valence-electron chi connectivity index (χ3n) is 3.17. The molecule has 0 unspecified atom stereocenters. The maximum atomic E-state index is 11.4. The van der Waals surface area contributed by atoms with Gasteiger partial charge in [-0.15, -0.1) is 0 Å². The Hall–Kier alpha value is -3.69. The van der Waals surface area contributed by atoms with Gasteiger partial charge in [0.1, 0.15) is 11.4 Å². The Morgan fingerprint density at radius 1 is 1.16 bits per heavy atom. The Labute approximate surface area is 141 Å². The summed E-state index contributed by atoms with van der Waals surface area (Å²) >= 11 is 0. The van der Waals surface area contributed by atoms with E-state index in [1.54, 1.807) is 24.3 Å². The SMILES string of the molecule is CCOc1ccc(Nc2c(C(=O)O)cc([N+](=O)[O-])cc2[N+](=O)[O-])cc1. The van der Waals surface area contributed by atoms with E-state index >= 15 is 0 Å². The minimum atomic E-state index is -1.53. The lowest BCUT2D eigenvalue weighted by Gasteiger charge is -2.11. The quantitative estimate of drug-likeness (QED) is 0.573. The standard InChI is InChI=1S/C15H13N3O7/c1-2-25-11-5-3-9(4-6-11)16-14-12(15(19)20)7-10(17(21)22)8-13(14)18(23)24/h3-8,16H,2H2,1H3,(H,19,20). The van der Waals surface area contributed by atoms with E-state index in [0.717, 1.165) is 6.07 Å². The van der Waals surface area contributed by atoms with Crippen LogP contribution in [0.3, 0.4) is 0 Å². The molecular formula is C15H13N3O7. The van der Waals surface area contributed by atoms with Gasteiger partial charge in [-0.3, -0.25) is 20.2 Å². The van der Waals surface area contributed by atoms with Gasteiger partial charge in [-0.05, 0) is 31.2 Å². The number of carboxylic acids is 1. The largest absolute Gasteiger partial charge is 0.494 e. The number of anilines is 2. The maximum absolute atomic E-state index is 11.4. The Bertz CT molecular complexity index is 799. The molecule has 0 radical (unpaired) electrons. The molecule has 0 heterocycles. The molecule has 10 heteroatoms. The molecule has 0 atom stereocenters. The Morgan fingerprint density at radius 3 is 2.28 bits per heavy atom. The lowest BCUT2D eigenvalue weighted by Crippen LogP contribution is -2.07. The molecule has 2 N–H and O–H groups in total. The smallest absolute Gasteiger partial charge is 0.338 e. The second kappa shape index (κ2) is 7.25. The number of aromatic carboxylic acids is 1. The highest BCUT2D eigenvalue weighted by Gasteiger charge is 2.27. The third-order valence-corrected chi connectivity index (χ3v) is 3.17. The van der Waals surface area contributed by atoms with E-state index in [-0.39, 0.29) is 5.69 Å². The van der Waals surface area contributed by atoms with E-state index in [9.17, 15) is 30.1 Å². The lowest BCUT2D eigenvalue weighted by atomic mass is 10.1. The summed E-state index contributed by atoms with van der Waals surface area (Å²) in [5.41, 5.74) is -1.94. The van der Waals surface area contributed by atoms with Crippen LogP contribution < -0.4 is 10.1 Å². The van der Waals surface area contributed by atoms with E-state index in [1.807, 2.05) is 6.92 Å². The van der Waals surface area contributed by atoms with Crippen LogP contribution in [0.2, 0.25) is 0 Å². The number of benzene rings is 2. The highest BCUT2D eigenvalue weighted by Crippen LogP contribution is 2.35. The first-order valence-corrected chi connectivity index (χ1v) is 7.03. The first-order chi connectivity index (χ1) is 11.8. The molecule has 0 aliphatic carbocycles. The minimum absolute atomic E-state index is 0.341. The molecule has 0 amide bonds. The monoisotopic (exact) mass is 347 g/mol. The molecule has 2 aromatic rings. The van der Waals surface area contributed by atoms with Gasteiger partial charge in [-0.1, -0.05) is 0 Å². The van der Waals surface area contributed by atoms with Crippen LogP contribution in [0.5, 0.6) is 5.75 Å². The van der Waals surface area contributed by atoms with Crippen molar-refractivity contribution in [1.82, 2.24) is 0 Å². The number of hydrogen-bond acceptors (Lipinski definition) is 7. The summed E-state index contributed by atoms with van der Waals surface area (Å²) in [6, 6.07) is 7.77. The molecule has 10 nitrogen and oxygen atoms in total. The van der Waals surface area contributed by atoms with Gasteiger partial charge in [0.15, 0.2) is 0 Å². The van der Waals surface area contributed by atoms with Gasteiger partial charge in [0, 0.05) is 11.8 Å². The van der Waals surface area contributed by atoms with Gasteiger partial charge < -0.3 is 15.2 Å². The molecule has 0 saturated carbocycles. The number of ether oxygens (including phenoxy) is 1. The van der Waals surface area contributed by atoms with Crippen LogP contribution in [-0.2, 0) is 0 Å². The molecule has 0 aliphatic rings. The summed E-state index contributed by atoms with van der Waals surface area (Å²) in [6.07, 6.45) is 0. The number of nitro groups is 2. The van der Waals surface area contributed by atoms with Crippen molar-refractivity contribution in [2.75, 3.05) is 11.9 Å². The van der Waals surface area contributed by atoms with Gasteiger partial charge in [-0.2, -0.15) is 0 Å². The number of hydrogen-bond donors (Lipinski definition) is 2. The van der Waals surface area contributed by atoms with Crippen LogP contribution >= 0.6 is 0 Å².